The van der Waals surface area contributed by atoms with Crippen LogP contribution in [-0.2, 0) is 47.6 Å². The predicted molar refractivity (Wildman–Crippen MR) is 191 cm³/mol. The second-order valence-corrected chi connectivity index (χ2v) is 13.9. The molecule has 0 bridgehead atoms. The lowest BCUT2D eigenvalue weighted by Crippen LogP contribution is -2.87. The number of carbonyl (C=O) groups excluding carboxylic acids is 5. The number of fused-ring (bicyclic) bond motifs is 2. The van der Waals surface area contributed by atoms with Gasteiger partial charge in [-0.1, -0.05) is 6.07 Å². The van der Waals surface area contributed by atoms with E-state index in [0.29, 0.717) is 30.3 Å². The summed E-state index contributed by atoms with van der Waals surface area (Å²) in [6.45, 7) is 13.1. The van der Waals surface area contributed by atoms with Gasteiger partial charge in [0, 0.05) is 40.7 Å². The van der Waals surface area contributed by atoms with Gasteiger partial charge >= 0.3 is 29.8 Å². The summed E-state index contributed by atoms with van der Waals surface area (Å²) in [6, 6.07) is 8.90. The van der Waals surface area contributed by atoms with E-state index in [-0.39, 0.29) is 28.9 Å². The minimum absolute atomic E-state index is 0.0196. The molecular weight excluding hydrogens is 724 g/mol. The van der Waals surface area contributed by atoms with Crippen LogP contribution in [0.4, 0.5) is 0 Å². The minimum atomic E-state index is -2.18. The van der Waals surface area contributed by atoms with Crippen molar-refractivity contribution in [1.82, 2.24) is 0 Å². The van der Waals surface area contributed by atoms with Crippen molar-refractivity contribution in [2.75, 3.05) is 26.4 Å². The molecule has 5 atom stereocenters. The number of esters is 5. The molecule has 55 heavy (non-hydrogen) atoms. The van der Waals surface area contributed by atoms with Crippen molar-refractivity contribution in [1.29, 1.82) is 0 Å². The van der Waals surface area contributed by atoms with Crippen LogP contribution in [0.15, 0.2) is 45.6 Å². The van der Waals surface area contributed by atoms with Crippen LogP contribution in [0.5, 0.6) is 17.2 Å². The molecule has 2 aromatic carbocycles. The summed E-state index contributed by atoms with van der Waals surface area (Å²) in [5.74, 6) is -5.93. The molecule has 2 aliphatic rings. The van der Waals surface area contributed by atoms with Crippen molar-refractivity contribution in [3.05, 3.63) is 52.4 Å². The molecule has 0 radical (unpaired) electrons. The third kappa shape index (κ3) is 6.94. The number of rotatable bonds is 10. The molecule has 1 aromatic heterocycles. The molecule has 0 saturated carbocycles. The van der Waals surface area contributed by atoms with Gasteiger partial charge in [-0.05, 0) is 64.4 Å². The van der Waals surface area contributed by atoms with Gasteiger partial charge in [0.1, 0.15) is 36.8 Å². The minimum Gasteiger partial charge on any atom is -0.486 e. The van der Waals surface area contributed by atoms with E-state index in [1.54, 1.807) is 25.1 Å². The van der Waals surface area contributed by atoms with Gasteiger partial charge in [0.2, 0.25) is 16.8 Å². The average molecular weight is 769 g/mol. The normalized spacial score (nSPS) is 27.0. The van der Waals surface area contributed by atoms with E-state index in [4.69, 9.17) is 47.0 Å². The topological polar surface area (TPSA) is 199 Å². The van der Waals surface area contributed by atoms with E-state index < -0.39 is 75.8 Å². The Morgan fingerprint density at radius 2 is 1.31 bits per heavy atom. The van der Waals surface area contributed by atoms with Gasteiger partial charge in [-0.15, -0.1) is 0 Å². The first kappa shape index (κ1) is 40.5. The van der Waals surface area contributed by atoms with Crippen LogP contribution in [0.2, 0.25) is 0 Å². The molecule has 3 aromatic rings. The predicted octanol–water partition coefficient (Wildman–Crippen LogP) is 4.82. The molecule has 5 unspecified atom stereocenters. The molecule has 16 heteroatoms. The lowest BCUT2D eigenvalue weighted by Gasteiger charge is -2.66. The van der Waals surface area contributed by atoms with Crippen LogP contribution in [0.1, 0.15) is 79.8 Å². The molecule has 0 N–H and O–H groups in total. The highest BCUT2D eigenvalue weighted by molar-refractivity contribution is 5.98. The summed E-state index contributed by atoms with van der Waals surface area (Å²) in [5.41, 5.74) is -8.64. The molecule has 2 aliphatic heterocycles. The first-order valence-electron chi connectivity index (χ1n) is 17.4. The van der Waals surface area contributed by atoms with E-state index in [0.717, 1.165) is 27.7 Å². The van der Waals surface area contributed by atoms with Crippen molar-refractivity contribution in [3.8, 4) is 28.4 Å². The molecule has 0 amide bonds. The Hall–Kier alpha value is -5.64. The van der Waals surface area contributed by atoms with Crippen LogP contribution in [0.25, 0.3) is 22.1 Å². The van der Waals surface area contributed by atoms with E-state index >= 15 is 0 Å². The summed E-state index contributed by atoms with van der Waals surface area (Å²) in [7, 11) is 0. The summed E-state index contributed by atoms with van der Waals surface area (Å²) >= 11 is 0. The average Bonchev–Trinajstić information content (AvgIpc) is 3.08. The van der Waals surface area contributed by atoms with E-state index in [9.17, 15) is 28.8 Å². The largest absolute Gasteiger partial charge is 0.486 e. The third-order valence-corrected chi connectivity index (χ3v) is 10.2. The van der Waals surface area contributed by atoms with Crippen LogP contribution >= 0.6 is 0 Å². The van der Waals surface area contributed by atoms with Crippen LogP contribution < -0.4 is 19.6 Å². The Morgan fingerprint density at radius 1 is 0.709 bits per heavy atom. The van der Waals surface area contributed by atoms with Gasteiger partial charge < -0.3 is 47.0 Å². The summed E-state index contributed by atoms with van der Waals surface area (Å²) < 4.78 is 59.0. The zero-order valence-corrected chi connectivity index (χ0v) is 32.3. The zero-order valence-electron chi connectivity index (χ0n) is 32.3. The number of ether oxygens (including phenoxy) is 9. The zero-order chi connectivity index (χ0) is 40.7. The quantitative estimate of drug-likeness (QED) is 0.201. The smallest absolute Gasteiger partial charge is 0.375 e. The van der Waals surface area contributed by atoms with E-state index in [1.807, 2.05) is 0 Å². The van der Waals surface area contributed by atoms with Gasteiger partial charge in [0.05, 0.1) is 17.6 Å². The summed E-state index contributed by atoms with van der Waals surface area (Å²) in [5, 5.41) is 0.0506. The Bertz CT molecular complexity index is 2120. The SMILES string of the molecule is CCOC(=O)c1oc2cc(OC3(C)OC(C)(COC(C)=O)C(C)(OC(C)=O)C(C)(OC(C)=O)C3(C)OC(C)=O)ccc2c(=O)c1-c1ccc2c(c1)OCCO2. The highest BCUT2D eigenvalue weighted by Gasteiger charge is 2.82. The van der Waals surface area contributed by atoms with Crippen LogP contribution in [0, 0.1) is 0 Å². The molecule has 0 spiro atoms. The van der Waals surface area contributed by atoms with Gasteiger partial charge in [0.25, 0.3) is 5.79 Å². The Labute approximate surface area is 316 Å². The molecular formula is C39H44O16. The van der Waals surface area contributed by atoms with Crippen LogP contribution in [0.3, 0.4) is 0 Å². The number of hydrogen-bond acceptors (Lipinski definition) is 16. The fourth-order valence-electron chi connectivity index (χ4n) is 7.26. The van der Waals surface area contributed by atoms with Crippen molar-refractivity contribution in [2.45, 2.75) is 97.4 Å². The van der Waals surface area contributed by atoms with Crippen molar-refractivity contribution in [3.63, 3.8) is 0 Å². The third-order valence-electron chi connectivity index (χ3n) is 10.2. The highest BCUT2D eigenvalue weighted by atomic mass is 16.8. The Morgan fingerprint density at radius 3 is 1.91 bits per heavy atom. The van der Waals surface area contributed by atoms with Gasteiger partial charge in [0.15, 0.2) is 22.7 Å². The fraction of sp³-hybridized carbons (Fsp3) is 0.487. The first-order chi connectivity index (χ1) is 25.6. The molecule has 3 heterocycles. The van der Waals surface area contributed by atoms with Gasteiger partial charge in [-0.25, -0.2) is 4.79 Å². The molecule has 1 fully saturated rings. The molecule has 0 aliphatic carbocycles. The molecule has 16 nitrogen and oxygen atoms in total. The Balaban J connectivity index is 1.72. The summed E-state index contributed by atoms with van der Waals surface area (Å²) in [4.78, 5) is 78.1. The maximum Gasteiger partial charge on any atom is 0.375 e. The second-order valence-electron chi connectivity index (χ2n) is 13.9. The van der Waals surface area contributed by atoms with Gasteiger partial charge in [-0.3, -0.25) is 24.0 Å². The standard InChI is InChI=1S/C39H44O16/c1-11-46-34(45)33-31(25-12-15-28-30(18-25)48-17-16-47-28)32(44)27-14-13-26(19-29(27)50-33)54-39(10)38(9,53-24(5)43)37(8,52-23(4)42)36(7,51-22(3)41)35(6,55-39)20-49-21(2)40/h12-15,18-19H,11,16-17,20H2,1-10H3. The fourth-order valence-corrected chi connectivity index (χ4v) is 7.26. The lowest BCUT2D eigenvalue weighted by atomic mass is 9.60. The molecule has 1 saturated heterocycles. The van der Waals surface area contributed by atoms with Crippen molar-refractivity contribution >= 4 is 40.8 Å². The van der Waals surface area contributed by atoms with E-state index in [1.165, 1.54) is 52.8 Å². The van der Waals surface area contributed by atoms with Crippen molar-refractivity contribution in [2.24, 2.45) is 0 Å². The molecule has 296 valence electrons. The number of carbonyl (C=O) groups is 5. The second kappa shape index (κ2) is 14.5. The summed E-state index contributed by atoms with van der Waals surface area (Å²) in [6.07, 6.45) is 0. The molecule has 5 rings (SSSR count). The first-order valence-corrected chi connectivity index (χ1v) is 17.4. The Kier molecular flexibility index (Phi) is 10.7. The number of benzene rings is 2. The lowest BCUT2D eigenvalue weighted by molar-refractivity contribution is -0.439. The maximum atomic E-state index is 14.2. The maximum absolute atomic E-state index is 14.2. The monoisotopic (exact) mass is 768 g/mol. The highest BCUT2D eigenvalue weighted by Crippen LogP contribution is 2.59. The van der Waals surface area contributed by atoms with Gasteiger partial charge in [-0.2, -0.15) is 0 Å². The van der Waals surface area contributed by atoms with E-state index in [2.05, 4.69) is 0 Å². The van der Waals surface area contributed by atoms with Crippen molar-refractivity contribution < 1.29 is 71.0 Å². The van der Waals surface area contributed by atoms with Crippen LogP contribution in [-0.4, -0.2) is 84.5 Å². The number of hydrogen-bond donors (Lipinski definition) is 0.